The largest absolute Gasteiger partial charge is 0.299 e. The SMILES string of the molecule is O=C/C=C/c1cc2cccccc-2c1C=O. The van der Waals surface area contributed by atoms with E-state index in [1.54, 1.807) is 6.08 Å². The van der Waals surface area contributed by atoms with E-state index in [0.717, 1.165) is 23.0 Å². The van der Waals surface area contributed by atoms with Crippen molar-refractivity contribution in [3.05, 3.63) is 53.6 Å². The summed E-state index contributed by atoms with van der Waals surface area (Å²) in [5, 5.41) is 0. The monoisotopic (exact) mass is 210 g/mol. The van der Waals surface area contributed by atoms with Crippen LogP contribution in [0.3, 0.4) is 0 Å². The minimum atomic E-state index is 0.629. The molecule has 0 fully saturated rings. The van der Waals surface area contributed by atoms with E-state index < -0.39 is 0 Å². The highest BCUT2D eigenvalue weighted by molar-refractivity contribution is 5.96. The predicted octanol–water partition coefficient (Wildman–Crippen LogP) is 2.82. The summed E-state index contributed by atoms with van der Waals surface area (Å²) in [6.45, 7) is 0. The zero-order valence-electron chi connectivity index (χ0n) is 8.59. The minimum Gasteiger partial charge on any atom is -0.299 e. The predicted molar refractivity (Wildman–Crippen MR) is 63.5 cm³/mol. The number of allylic oxidation sites excluding steroid dienone is 1. The van der Waals surface area contributed by atoms with Crippen LogP contribution < -0.4 is 0 Å². The van der Waals surface area contributed by atoms with Crippen molar-refractivity contribution in [1.82, 2.24) is 0 Å². The summed E-state index contributed by atoms with van der Waals surface area (Å²) in [5.41, 5.74) is 3.32. The van der Waals surface area contributed by atoms with Gasteiger partial charge >= 0.3 is 0 Å². The molecule has 2 rings (SSSR count). The van der Waals surface area contributed by atoms with Gasteiger partial charge in [0.15, 0.2) is 6.29 Å². The molecular formula is C14H10O2. The van der Waals surface area contributed by atoms with Crippen LogP contribution >= 0.6 is 0 Å². The molecule has 0 atom stereocenters. The molecule has 0 aromatic carbocycles. The van der Waals surface area contributed by atoms with Gasteiger partial charge in [0.25, 0.3) is 0 Å². The maximum Gasteiger partial charge on any atom is 0.151 e. The van der Waals surface area contributed by atoms with Gasteiger partial charge in [0.2, 0.25) is 0 Å². The lowest BCUT2D eigenvalue weighted by Crippen LogP contribution is -1.80. The summed E-state index contributed by atoms with van der Waals surface area (Å²) in [5.74, 6) is 0. The topological polar surface area (TPSA) is 34.1 Å². The molecular weight excluding hydrogens is 200 g/mol. The fourth-order valence-electron chi connectivity index (χ4n) is 1.75. The summed E-state index contributed by atoms with van der Waals surface area (Å²) in [7, 11) is 0. The van der Waals surface area contributed by atoms with Gasteiger partial charge in [-0.25, -0.2) is 0 Å². The Morgan fingerprint density at radius 1 is 1.00 bits per heavy atom. The van der Waals surface area contributed by atoms with Gasteiger partial charge in [0.1, 0.15) is 6.29 Å². The van der Waals surface area contributed by atoms with E-state index >= 15 is 0 Å². The molecule has 0 radical (unpaired) electrons. The smallest absolute Gasteiger partial charge is 0.151 e. The fraction of sp³-hybridized carbons (Fsp3) is 0. The quantitative estimate of drug-likeness (QED) is 0.576. The summed E-state index contributed by atoms with van der Waals surface area (Å²) in [4.78, 5) is 21.3. The van der Waals surface area contributed by atoms with Gasteiger partial charge in [-0.2, -0.15) is 0 Å². The molecule has 0 aliphatic heterocycles. The van der Waals surface area contributed by atoms with Crippen molar-refractivity contribution in [3.63, 3.8) is 0 Å². The first kappa shape index (κ1) is 10.3. The first-order chi connectivity index (χ1) is 7.86. The molecule has 2 heteroatoms. The van der Waals surface area contributed by atoms with E-state index in [1.807, 2.05) is 36.4 Å². The lowest BCUT2D eigenvalue weighted by Gasteiger charge is -1.92. The Kier molecular flexibility index (Phi) is 2.92. The average molecular weight is 210 g/mol. The molecule has 78 valence electrons. The summed E-state index contributed by atoms with van der Waals surface area (Å²) in [6.07, 6.45) is 4.57. The molecule has 0 spiro atoms. The Balaban J connectivity index is 2.66. The van der Waals surface area contributed by atoms with Gasteiger partial charge in [-0.3, -0.25) is 9.59 Å². The molecule has 0 aromatic heterocycles. The third-order valence-electron chi connectivity index (χ3n) is 2.46. The zero-order valence-corrected chi connectivity index (χ0v) is 8.59. The second-order valence-electron chi connectivity index (χ2n) is 3.41. The Labute approximate surface area is 93.6 Å². The first-order valence-corrected chi connectivity index (χ1v) is 4.95. The molecule has 0 N–H and O–H groups in total. The molecule has 2 aliphatic carbocycles. The van der Waals surface area contributed by atoms with Gasteiger partial charge in [0.05, 0.1) is 0 Å². The summed E-state index contributed by atoms with van der Waals surface area (Å²) in [6, 6.07) is 11.5. The molecule has 0 bridgehead atoms. The summed E-state index contributed by atoms with van der Waals surface area (Å²) >= 11 is 0. The van der Waals surface area contributed by atoms with E-state index in [2.05, 4.69) is 0 Å². The molecule has 0 aromatic rings. The number of carbonyl (C=O) groups excluding carboxylic acids is 2. The summed E-state index contributed by atoms with van der Waals surface area (Å²) < 4.78 is 0. The Hall–Kier alpha value is -2.22. The van der Waals surface area contributed by atoms with Crippen LogP contribution in [0.5, 0.6) is 0 Å². The van der Waals surface area contributed by atoms with Gasteiger partial charge in [0, 0.05) is 5.56 Å². The van der Waals surface area contributed by atoms with Crippen molar-refractivity contribution in [2.24, 2.45) is 0 Å². The lowest BCUT2D eigenvalue weighted by atomic mass is 10.1. The van der Waals surface area contributed by atoms with Crippen LogP contribution in [0.1, 0.15) is 15.9 Å². The van der Waals surface area contributed by atoms with E-state index in [-0.39, 0.29) is 0 Å². The van der Waals surface area contributed by atoms with Crippen molar-refractivity contribution in [2.45, 2.75) is 0 Å². The number of rotatable bonds is 3. The van der Waals surface area contributed by atoms with Gasteiger partial charge in [-0.15, -0.1) is 0 Å². The minimum absolute atomic E-state index is 0.629. The second kappa shape index (κ2) is 4.53. The van der Waals surface area contributed by atoms with Crippen molar-refractivity contribution in [2.75, 3.05) is 0 Å². The third kappa shape index (κ3) is 1.77. The molecule has 0 unspecified atom stereocenters. The van der Waals surface area contributed by atoms with Crippen LogP contribution in [0.15, 0.2) is 42.5 Å². The highest BCUT2D eigenvalue weighted by Gasteiger charge is 2.11. The molecule has 0 saturated carbocycles. The van der Waals surface area contributed by atoms with Gasteiger partial charge < -0.3 is 0 Å². The van der Waals surface area contributed by atoms with Crippen LogP contribution in [0.4, 0.5) is 0 Å². The second-order valence-corrected chi connectivity index (χ2v) is 3.41. The fourth-order valence-corrected chi connectivity index (χ4v) is 1.75. The Bertz CT molecular complexity index is 526. The highest BCUT2D eigenvalue weighted by atomic mass is 16.1. The van der Waals surface area contributed by atoms with Crippen molar-refractivity contribution >= 4 is 18.6 Å². The lowest BCUT2D eigenvalue weighted by molar-refractivity contribution is -0.104. The van der Waals surface area contributed by atoms with Crippen molar-refractivity contribution in [1.29, 1.82) is 0 Å². The van der Waals surface area contributed by atoms with Gasteiger partial charge in [-0.1, -0.05) is 36.4 Å². The van der Waals surface area contributed by atoms with E-state index in [0.29, 0.717) is 11.8 Å². The van der Waals surface area contributed by atoms with Crippen molar-refractivity contribution in [3.8, 4) is 11.1 Å². The zero-order chi connectivity index (χ0) is 11.4. The molecule has 0 heterocycles. The van der Waals surface area contributed by atoms with Crippen molar-refractivity contribution < 1.29 is 9.59 Å². The van der Waals surface area contributed by atoms with Crippen LogP contribution in [0.25, 0.3) is 17.2 Å². The van der Waals surface area contributed by atoms with E-state index in [9.17, 15) is 9.59 Å². The van der Waals surface area contributed by atoms with E-state index in [4.69, 9.17) is 0 Å². The van der Waals surface area contributed by atoms with Crippen LogP contribution in [-0.2, 0) is 4.79 Å². The number of aldehydes is 2. The first-order valence-electron chi connectivity index (χ1n) is 4.95. The average Bonchev–Trinajstić information content (AvgIpc) is 2.47. The molecule has 0 amide bonds. The van der Waals surface area contributed by atoms with Gasteiger partial charge in [-0.05, 0) is 28.8 Å². The number of carbonyl (C=O) groups is 2. The molecule has 2 aliphatic rings. The Morgan fingerprint density at radius 3 is 2.56 bits per heavy atom. The molecule has 2 nitrogen and oxygen atoms in total. The Morgan fingerprint density at radius 2 is 1.81 bits per heavy atom. The third-order valence-corrected chi connectivity index (χ3v) is 2.46. The standard InChI is InChI=1S/C14H10O2/c15-8-4-6-12-9-11-5-2-1-3-7-13(11)14(12)10-16/h1-10H/b6-4+. The number of hydrogen-bond donors (Lipinski definition) is 0. The maximum atomic E-state index is 11.0. The van der Waals surface area contributed by atoms with E-state index in [1.165, 1.54) is 6.08 Å². The van der Waals surface area contributed by atoms with Crippen LogP contribution in [-0.4, -0.2) is 12.6 Å². The number of hydrogen-bond acceptors (Lipinski definition) is 2. The molecule has 16 heavy (non-hydrogen) atoms. The maximum absolute atomic E-state index is 11.0. The molecule has 0 saturated heterocycles. The normalized spacial score (nSPS) is 10.8. The number of fused-ring (bicyclic) bond motifs is 1. The highest BCUT2D eigenvalue weighted by Crippen LogP contribution is 2.30. The van der Waals surface area contributed by atoms with Crippen LogP contribution in [0, 0.1) is 0 Å². The van der Waals surface area contributed by atoms with Crippen LogP contribution in [0.2, 0.25) is 0 Å².